The molecule has 0 saturated heterocycles. The van der Waals surface area contributed by atoms with Crippen LogP contribution in [-0.2, 0) is 7.05 Å². The zero-order valence-electron chi connectivity index (χ0n) is 10.4. The summed E-state index contributed by atoms with van der Waals surface area (Å²) in [6, 6.07) is 0.206. The topological polar surface area (TPSA) is 87.0 Å². The molecule has 18 heavy (non-hydrogen) atoms. The van der Waals surface area contributed by atoms with Gasteiger partial charge in [0, 0.05) is 13.6 Å². The number of nitrogens with one attached hydrogen (secondary N) is 1. The number of aromatic nitrogens is 5. The van der Waals surface area contributed by atoms with Crippen LogP contribution in [0.3, 0.4) is 0 Å². The molecule has 96 valence electrons. The van der Waals surface area contributed by atoms with Gasteiger partial charge in [-0.3, -0.25) is 4.68 Å². The van der Waals surface area contributed by atoms with Gasteiger partial charge in [0.1, 0.15) is 12.7 Å². The lowest BCUT2D eigenvalue weighted by atomic mass is 10.5. The van der Waals surface area contributed by atoms with Crippen molar-refractivity contribution in [3.8, 4) is 17.6 Å². The summed E-state index contributed by atoms with van der Waals surface area (Å²) in [4.78, 5) is 12.0. The molecule has 0 fully saturated rings. The van der Waals surface area contributed by atoms with E-state index in [-0.39, 0.29) is 11.9 Å². The maximum atomic E-state index is 5.45. The van der Waals surface area contributed by atoms with Crippen LogP contribution in [0.1, 0.15) is 6.92 Å². The molecule has 0 amide bonds. The molecule has 0 aliphatic heterocycles. The molecule has 0 bridgehead atoms. The van der Waals surface area contributed by atoms with Gasteiger partial charge in [0.05, 0.1) is 7.11 Å². The number of anilines is 1. The zero-order valence-corrected chi connectivity index (χ0v) is 10.4. The SMILES string of the molecule is CCNc1ncnc(Oc2ncn(C)n2)c1OC. The standard InChI is InChI=1S/C10H14N6O2/c1-4-11-8-7(17-3)9(13-5-12-8)18-10-14-6-16(2)15-10/h5-6H,4H2,1-3H3,(H,11,12,13). The molecule has 0 radical (unpaired) electrons. The Morgan fingerprint density at radius 1 is 1.33 bits per heavy atom. The minimum Gasteiger partial charge on any atom is -0.489 e. The molecule has 0 aromatic carbocycles. The molecule has 1 N–H and O–H groups in total. The molecule has 8 heteroatoms. The molecule has 0 aliphatic rings. The van der Waals surface area contributed by atoms with E-state index in [2.05, 4.69) is 25.4 Å². The second kappa shape index (κ2) is 5.30. The summed E-state index contributed by atoms with van der Waals surface area (Å²) in [7, 11) is 3.28. The summed E-state index contributed by atoms with van der Waals surface area (Å²) in [6.45, 7) is 2.68. The molecule has 2 rings (SSSR count). The lowest BCUT2D eigenvalue weighted by Gasteiger charge is -2.10. The van der Waals surface area contributed by atoms with Crippen molar-refractivity contribution in [2.24, 2.45) is 7.05 Å². The number of methoxy groups -OCH3 is 1. The van der Waals surface area contributed by atoms with Crippen molar-refractivity contribution < 1.29 is 9.47 Å². The van der Waals surface area contributed by atoms with Crippen LogP contribution in [0.25, 0.3) is 0 Å². The molecule has 0 aliphatic carbocycles. The number of rotatable bonds is 5. The van der Waals surface area contributed by atoms with Crippen LogP contribution in [0.2, 0.25) is 0 Å². The Labute approximate surface area is 104 Å². The fraction of sp³-hybridized carbons (Fsp3) is 0.400. The molecule has 2 heterocycles. The molecule has 0 spiro atoms. The molecule has 0 atom stereocenters. The molecule has 0 saturated carbocycles. The summed E-state index contributed by atoms with van der Waals surface area (Å²) >= 11 is 0. The monoisotopic (exact) mass is 250 g/mol. The Balaban J connectivity index is 2.29. The van der Waals surface area contributed by atoms with Crippen LogP contribution in [0, 0.1) is 0 Å². The van der Waals surface area contributed by atoms with E-state index >= 15 is 0 Å². The fourth-order valence-electron chi connectivity index (χ4n) is 1.36. The van der Waals surface area contributed by atoms with Crippen molar-refractivity contribution >= 4 is 5.82 Å². The summed E-state index contributed by atoms with van der Waals surface area (Å²) in [5, 5.41) is 7.06. The first-order valence-electron chi connectivity index (χ1n) is 5.41. The van der Waals surface area contributed by atoms with Crippen molar-refractivity contribution in [1.82, 2.24) is 24.7 Å². The normalized spacial score (nSPS) is 10.2. The number of nitrogens with zero attached hydrogens (tertiary/aromatic N) is 5. The van der Waals surface area contributed by atoms with Crippen LogP contribution < -0.4 is 14.8 Å². The van der Waals surface area contributed by atoms with Crippen LogP contribution in [0.4, 0.5) is 5.82 Å². The van der Waals surface area contributed by atoms with Gasteiger partial charge in [-0.2, -0.15) is 9.97 Å². The minimum absolute atomic E-state index is 0.206. The van der Waals surface area contributed by atoms with E-state index < -0.39 is 0 Å². The van der Waals surface area contributed by atoms with Crippen LogP contribution in [0.15, 0.2) is 12.7 Å². The zero-order chi connectivity index (χ0) is 13.0. The maximum absolute atomic E-state index is 5.45. The molecule has 2 aromatic rings. The van der Waals surface area contributed by atoms with E-state index in [0.717, 1.165) is 0 Å². The number of hydrogen-bond donors (Lipinski definition) is 1. The highest BCUT2D eigenvalue weighted by Gasteiger charge is 2.15. The van der Waals surface area contributed by atoms with E-state index in [1.54, 1.807) is 7.05 Å². The predicted molar refractivity (Wildman–Crippen MR) is 63.8 cm³/mol. The van der Waals surface area contributed by atoms with Crippen LogP contribution in [0.5, 0.6) is 17.6 Å². The first kappa shape index (κ1) is 12.1. The lowest BCUT2D eigenvalue weighted by molar-refractivity contribution is 0.356. The summed E-state index contributed by atoms with van der Waals surface area (Å²) in [6.07, 6.45) is 2.92. The Morgan fingerprint density at radius 2 is 2.17 bits per heavy atom. The summed E-state index contributed by atoms with van der Waals surface area (Å²) < 4.78 is 12.2. The highest BCUT2D eigenvalue weighted by molar-refractivity contribution is 5.55. The Hall–Kier alpha value is -2.38. The van der Waals surface area contributed by atoms with Crippen molar-refractivity contribution in [3.05, 3.63) is 12.7 Å². The summed E-state index contributed by atoms with van der Waals surface area (Å²) in [5.74, 6) is 1.27. The molecule has 2 aromatic heterocycles. The second-order valence-corrected chi connectivity index (χ2v) is 3.39. The second-order valence-electron chi connectivity index (χ2n) is 3.39. The third-order valence-corrected chi connectivity index (χ3v) is 2.09. The smallest absolute Gasteiger partial charge is 0.342 e. The number of aryl methyl sites for hydroxylation is 1. The van der Waals surface area contributed by atoms with Crippen molar-refractivity contribution in [2.45, 2.75) is 6.92 Å². The predicted octanol–water partition coefficient (Wildman–Crippen LogP) is 0.838. The van der Waals surface area contributed by atoms with Gasteiger partial charge in [-0.1, -0.05) is 0 Å². The van der Waals surface area contributed by atoms with Crippen molar-refractivity contribution in [3.63, 3.8) is 0 Å². The highest BCUT2D eigenvalue weighted by Crippen LogP contribution is 2.32. The average Bonchev–Trinajstić information content (AvgIpc) is 2.76. The third kappa shape index (κ3) is 2.47. The van der Waals surface area contributed by atoms with Crippen molar-refractivity contribution in [1.29, 1.82) is 0 Å². The molecular formula is C10H14N6O2. The number of hydrogen-bond acceptors (Lipinski definition) is 7. The largest absolute Gasteiger partial charge is 0.489 e. The minimum atomic E-state index is 0.206. The summed E-state index contributed by atoms with van der Waals surface area (Å²) in [5.41, 5.74) is 0. The van der Waals surface area contributed by atoms with Gasteiger partial charge in [0.15, 0.2) is 5.82 Å². The van der Waals surface area contributed by atoms with Crippen LogP contribution >= 0.6 is 0 Å². The van der Waals surface area contributed by atoms with E-state index in [0.29, 0.717) is 18.1 Å². The van der Waals surface area contributed by atoms with Gasteiger partial charge < -0.3 is 14.8 Å². The van der Waals surface area contributed by atoms with Gasteiger partial charge in [0.2, 0.25) is 5.75 Å². The van der Waals surface area contributed by atoms with Gasteiger partial charge in [-0.25, -0.2) is 4.98 Å². The van der Waals surface area contributed by atoms with E-state index in [1.165, 1.54) is 24.4 Å². The van der Waals surface area contributed by atoms with Gasteiger partial charge >= 0.3 is 6.01 Å². The average molecular weight is 250 g/mol. The Kier molecular flexibility index (Phi) is 3.56. The molecular weight excluding hydrogens is 236 g/mol. The Morgan fingerprint density at radius 3 is 2.78 bits per heavy atom. The van der Waals surface area contributed by atoms with E-state index in [1.807, 2.05) is 6.92 Å². The van der Waals surface area contributed by atoms with E-state index in [4.69, 9.17) is 9.47 Å². The number of ether oxygens (including phenoxy) is 2. The highest BCUT2D eigenvalue weighted by atomic mass is 16.5. The fourth-order valence-corrected chi connectivity index (χ4v) is 1.36. The molecule has 8 nitrogen and oxygen atoms in total. The lowest BCUT2D eigenvalue weighted by Crippen LogP contribution is -2.04. The first-order valence-corrected chi connectivity index (χ1v) is 5.41. The maximum Gasteiger partial charge on any atom is 0.342 e. The quantitative estimate of drug-likeness (QED) is 0.841. The van der Waals surface area contributed by atoms with Crippen LogP contribution in [-0.4, -0.2) is 38.4 Å². The molecule has 0 unspecified atom stereocenters. The van der Waals surface area contributed by atoms with Gasteiger partial charge in [-0.05, 0) is 6.92 Å². The first-order chi connectivity index (χ1) is 8.74. The third-order valence-electron chi connectivity index (χ3n) is 2.09. The van der Waals surface area contributed by atoms with Crippen molar-refractivity contribution in [2.75, 3.05) is 19.0 Å². The van der Waals surface area contributed by atoms with E-state index in [9.17, 15) is 0 Å². The Bertz CT molecular complexity index is 527. The van der Waals surface area contributed by atoms with Gasteiger partial charge in [0.25, 0.3) is 5.88 Å². The van der Waals surface area contributed by atoms with Gasteiger partial charge in [-0.15, -0.1) is 5.10 Å².